The Balaban J connectivity index is 1.47. The number of carbonyl (C=O) groups is 3. The van der Waals surface area contributed by atoms with Crippen molar-refractivity contribution in [3.05, 3.63) is 71.3 Å². The molecule has 2 aliphatic heterocycles. The highest BCUT2D eigenvalue weighted by Crippen LogP contribution is 2.31. The van der Waals surface area contributed by atoms with Crippen LogP contribution in [0.15, 0.2) is 54.6 Å². The average molecular weight is 405 g/mol. The van der Waals surface area contributed by atoms with Crippen LogP contribution in [0.1, 0.15) is 48.7 Å². The largest absolute Gasteiger partial charge is 0.336 e. The Hall–Kier alpha value is -3.15. The molecule has 4 amide bonds. The molecule has 2 saturated heterocycles. The summed E-state index contributed by atoms with van der Waals surface area (Å²) in [6.07, 6.45) is 0.425. The van der Waals surface area contributed by atoms with Crippen molar-refractivity contribution in [3.8, 4) is 0 Å². The molecule has 2 aromatic rings. The Morgan fingerprint density at radius 2 is 1.70 bits per heavy atom. The van der Waals surface area contributed by atoms with Crippen molar-refractivity contribution in [3.63, 3.8) is 0 Å². The molecule has 6 heteroatoms. The van der Waals surface area contributed by atoms with Gasteiger partial charge in [0, 0.05) is 12.1 Å². The number of urea groups is 1. The van der Waals surface area contributed by atoms with Gasteiger partial charge in [-0.05, 0) is 35.1 Å². The molecular weight excluding hydrogens is 378 g/mol. The van der Waals surface area contributed by atoms with Gasteiger partial charge in [-0.3, -0.25) is 14.5 Å². The van der Waals surface area contributed by atoms with E-state index in [1.54, 1.807) is 4.90 Å². The maximum absolute atomic E-state index is 13.1. The van der Waals surface area contributed by atoms with Gasteiger partial charge in [0.05, 0.1) is 13.1 Å². The van der Waals surface area contributed by atoms with Gasteiger partial charge in [-0.25, -0.2) is 4.79 Å². The molecule has 2 aliphatic rings. The third-order valence-corrected chi connectivity index (χ3v) is 5.98. The minimum atomic E-state index is -1.02. The van der Waals surface area contributed by atoms with Gasteiger partial charge < -0.3 is 10.2 Å². The first-order valence-corrected chi connectivity index (χ1v) is 10.3. The standard InChI is InChI=1S/C24H27N3O3/c1-23(2,3)19-11-9-18(10-12-19)20(28)26-14-13-24(16-26)21(29)27(22(30)25-24)15-17-7-5-4-6-8-17/h4-12H,13-16H2,1-3H3,(H,25,30)/t24-/m0/s1. The van der Waals surface area contributed by atoms with E-state index in [-0.39, 0.29) is 30.3 Å². The molecule has 0 radical (unpaired) electrons. The van der Waals surface area contributed by atoms with Crippen LogP contribution in [0.2, 0.25) is 0 Å². The molecule has 0 aromatic heterocycles. The van der Waals surface area contributed by atoms with Gasteiger partial charge in [-0.1, -0.05) is 63.2 Å². The maximum atomic E-state index is 13.1. The predicted molar refractivity (Wildman–Crippen MR) is 114 cm³/mol. The summed E-state index contributed by atoms with van der Waals surface area (Å²) in [4.78, 5) is 41.5. The van der Waals surface area contributed by atoms with Gasteiger partial charge in [0.15, 0.2) is 0 Å². The van der Waals surface area contributed by atoms with Crippen molar-refractivity contribution in [2.75, 3.05) is 13.1 Å². The summed E-state index contributed by atoms with van der Waals surface area (Å²) in [6.45, 7) is 7.25. The second kappa shape index (κ2) is 7.27. The molecule has 0 unspecified atom stereocenters. The van der Waals surface area contributed by atoms with E-state index in [4.69, 9.17) is 0 Å². The van der Waals surface area contributed by atoms with Crippen LogP contribution < -0.4 is 5.32 Å². The summed E-state index contributed by atoms with van der Waals surface area (Å²) in [6, 6.07) is 16.7. The Morgan fingerprint density at radius 1 is 1.03 bits per heavy atom. The fourth-order valence-electron chi connectivity index (χ4n) is 4.14. The van der Waals surface area contributed by atoms with Gasteiger partial charge >= 0.3 is 6.03 Å². The first-order valence-electron chi connectivity index (χ1n) is 10.3. The molecule has 1 atom stereocenters. The number of amides is 4. The van der Waals surface area contributed by atoms with Crippen molar-refractivity contribution in [1.82, 2.24) is 15.1 Å². The summed E-state index contributed by atoms with van der Waals surface area (Å²) >= 11 is 0. The first-order chi connectivity index (χ1) is 14.2. The second-order valence-corrected chi connectivity index (χ2v) is 9.19. The van der Waals surface area contributed by atoms with Crippen molar-refractivity contribution < 1.29 is 14.4 Å². The molecule has 2 heterocycles. The minimum Gasteiger partial charge on any atom is -0.336 e. The lowest BCUT2D eigenvalue weighted by atomic mass is 9.86. The highest BCUT2D eigenvalue weighted by Gasteiger charge is 2.55. The van der Waals surface area contributed by atoms with Crippen molar-refractivity contribution in [2.24, 2.45) is 0 Å². The quantitative estimate of drug-likeness (QED) is 0.797. The maximum Gasteiger partial charge on any atom is 0.325 e. The summed E-state index contributed by atoms with van der Waals surface area (Å²) in [5, 5.41) is 2.86. The number of carbonyl (C=O) groups excluding carboxylic acids is 3. The van der Waals surface area contributed by atoms with Crippen molar-refractivity contribution in [2.45, 2.75) is 44.7 Å². The third-order valence-electron chi connectivity index (χ3n) is 5.98. The lowest BCUT2D eigenvalue weighted by molar-refractivity contribution is -0.131. The average Bonchev–Trinajstić information content (AvgIpc) is 3.25. The van der Waals surface area contributed by atoms with E-state index < -0.39 is 11.6 Å². The molecule has 1 N–H and O–H groups in total. The number of likely N-dealkylation sites (tertiary alicyclic amines) is 1. The Bertz CT molecular complexity index is 979. The van der Waals surface area contributed by atoms with Gasteiger partial charge in [0.1, 0.15) is 5.54 Å². The Labute approximate surface area is 176 Å². The smallest absolute Gasteiger partial charge is 0.325 e. The molecule has 4 rings (SSSR count). The van der Waals surface area contributed by atoms with Gasteiger partial charge in [0.2, 0.25) is 0 Å². The molecule has 2 aromatic carbocycles. The lowest BCUT2D eigenvalue weighted by Gasteiger charge is -2.23. The Morgan fingerprint density at radius 3 is 2.33 bits per heavy atom. The van der Waals surface area contributed by atoms with Gasteiger partial charge in [-0.2, -0.15) is 0 Å². The van der Waals surface area contributed by atoms with E-state index in [2.05, 4.69) is 26.1 Å². The van der Waals surface area contributed by atoms with Crippen LogP contribution >= 0.6 is 0 Å². The molecule has 1 spiro atoms. The molecule has 156 valence electrons. The number of benzene rings is 2. The van der Waals surface area contributed by atoms with E-state index in [9.17, 15) is 14.4 Å². The van der Waals surface area contributed by atoms with E-state index in [0.29, 0.717) is 18.5 Å². The number of hydrogen-bond donors (Lipinski definition) is 1. The third kappa shape index (κ3) is 3.58. The SMILES string of the molecule is CC(C)(C)c1ccc(C(=O)N2CC[C@@]3(C2)NC(=O)N(Cc2ccccc2)C3=O)cc1. The van der Waals surface area contributed by atoms with Gasteiger partial charge in [0.25, 0.3) is 11.8 Å². The second-order valence-electron chi connectivity index (χ2n) is 9.19. The van der Waals surface area contributed by atoms with Crippen molar-refractivity contribution >= 4 is 17.8 Å². The molecule has 0 bridgehead atoms. The first kappa shape index (κ1) is 20.1. The molecule has 0 saturated carbocycles. The molecule has 6 nitrogen and oxygen atoms in total. The predicted octanol–water partition coefficient (Wildman–Crippen LogP) is 3.32. The van der Waals surface area contributed by atoms with Crippen LogP contribution in [0.5, 0.6) is 0 Å². The summed E-state index contributed by atoms with van der Waals surface area (Å²) < 4.78 is 0. The van der Waals surface area contributed by atoms with Crippen LogP contribution in [0.25, 0.3) is 0 Å². The fourth-order valence-corrected chi connectivity index (χ4v) is 4.14. The monoisotopic (exact) mass is 405 g/mol. The molecule has 0 aliphatic carbocycles. The molecular formula is C24H27N3O3. The van der Waals surface area contributed by atoms with E-state index >= 15 is 0 Å². The van der Waals surface area contributed by atoms with Crippen LogP contribution in [0.3, 0.4) is 0 Å². The topological polar surface area (TPSA) is 69.7 Å². The number of imide groups is 1. The highest BCUT2D eigenvalue weighted by atomic mass is 16.2. The van der Waals surface area contributed by atoms with E-state index in [0.717, 1.165) is 11.1 Å². The zero-order valence-electron chi connectivity index (χ0n) is 17.6. The van der Waals surface area contributed by atoms with Crippen LogP contribution in [0, 0.1) is 0 Å². The van der Waals surface area contributed by atoms with Crippen LogP contribution in [0.4, 0.5) is 4.79 Å². The van der Waals surface area contributed by atoms with Crippen LogP contribution in [-0.2, 0) is 16.8 Å². The number of nitrogens with one attached hydrogen (secondary N) is 1. The Kier molecular flexibility index (Phi) is 4.88. The molecule has 30 heavy (non-hydrogen) atoms. The number of rotatable bonds is 3. The summed E-state index contributed by atoms with van der Waals surface area (Å²) in [7, 11) is 0. The highest BCUT2D eigenvalue weighted by molar-refractivity contribution is 6.08. The summed E-state index contributed by atoms with van der Waals surface area (Å²) in [5.74, 6) is -0.370. The number of nitrogens with zero attached hydrogens (tertiary/aromatic N) is 2. The summed E-state index contributed by atoms with van der Waals surface area (Å²) in [5.41, 5.74) is 1.64. The zero-order valence-corrected chi connectivity index (χ0v) is 17.6. The lowest BCUT2D eigenvalue weighted by Crippen LogP contribution is -2.49. The fraction of sp³-hybridized carbons (Fsp3) is 0.375. The molecule has 2 fully saturated rings. The van der Waals surface area contributed by atoms with Crippen molar-refractivity contribution in [1.29, 1.82) is 0 Å². The number of hydrogen-bond acceptors (Lipinski definition) is 3. The van der Waals surface area contributed by atoms with Crippen LogP contribution in [-0.4, -0.2) is 46.3 Å². The zero-order chi connectivity index (χ0) is 21.5. The van der Waals surface area contributed by atoms with E-state index in [1.165, 1.54) is 4.90 Å². The van der Waals surface area contributed by atoms with E-state index in [1.807, 2.05) is 54.6 Å². The minimum absolute atomic E-state index is 0.0159. The normalized spacial score (nSPS) is 21.4. The van der Waals surface area contributed by atoms with Gasteiger partial charge in [-0.15, -0.1) is 0 Å².